The van der Waals surface area contributed by atoms with Gasteiger partial charge >= 0.3 is 0 Å². The number of nitrogens with zero attached hydrogens (tertiary/aromatic N) is 1. The van der Waals surface area contributed by atoms with Crippen molar-refractivity contribution in [3.8, 4) is 5.75 Å². The number of aliphatic imine (C=N–C) groups is 1. The Labute approximate surface area is 87.7 Å². The Morgan fingerprint density at radius 2 is 2.14 bits per heavy atom. The van der Waals surface area contributed by atoms with Crippen LogP contribution in [0.25, 0.3) is 0 Å². The zero-order chi connectivity index (χ0) is 9.80. The molecule has 0 spiro atoms. The molecule has 0 amide bonds. The van der Waals surface area contributed by atoms with E-state index in [2.05, 4.69) is 9.71 Å². The highest BCUT2D eigenvalue weighted by Crippen LogP contribution is 2.13. The fourth-order valence-electron chi connectivity index (χ4n) is 1.25. The van der Waals surface area contributed by atoms with Gasteiger partial charge in [0.15, 0.2) is 0 Å². The number of hydrogen-bond donors (Lipinski definition) is 1. The fraction of sp³-hybridized carbons (Fsp3) is 0.300. The highest BCUT2D eigenvalue weighted by atomic mass is 32.2. The minimum Gasteiger partial charge on any atom is -0.497 e. The van der Waals surface area contributed by atoms with E-state index in [-0.39, 0.29) is 0 Å². The van der Waals surface area contributed by atoms with Crippen LogP contribution in [0.15, 0.2) is 29.3 Å². The zero-order valence-corrected chi connectivity index (χ0v) is 8.80. The predicted molar refractivity (Wildman–Crippen MR) is 60.0 cm³/mol. The number of rotatable bonds is 2. The van der Waals surface area contributed by atoms with Crippen LogP contribution in [-0.4, -0.2) is 25.2 Å². The van der Waals surface area contributed by atoms with Crippen LogP contribution in [0.5, 0.6) is 5.75 Å². The summed E-state index contributed by atoms with van der Waals surface area (Å²) in [7, 11) is 1.67. The molecular weight excluding hydrogens is 196 g/mol. The van der Waals surface area contributed by atoms with Gasteiger partial charge in [-0.05, 0) is 36.2 Å². The molecule has 0 atom stereocenters. The van der Waals surface area contributed by atoms with E-state index in [1.807, 2.05) is 24.3 Å². The molecule has 0 unspecified atom stereocenters. The average molecular weight is 208 g/mol. The van der Waals surface area contributed by atoms with Crippen molar-refractivity contribution in [2.45, 2.75) is 0 Å². The summed E-state index contributed by atoms with van der Waals surface area (Å²) in [6.07, 6.45) is 0. The molecule has 0 saturated carbocycles. The van der Waals surface area contributed by atoms with E-state index in [1.54, 1.807) is 19.1 Å². The molecule has 0 saturated heterocycles. The van der Waals surface area contributed by atoms with Gasteiger partial charge in [0.1, 0.15) is 11.6 Å². The lowest BCUT2D eigenvalue weighted by Gasteiger charge is -2.13. The zero-order valence-electron chi connectivity index (χ0n) is 7.99. The van der Waals surface area contributed by atoms with Crippen LogP contribution < -0.4 is 9.46 Å². The van der Waals surface area contributed by atoms with Crippen LogP contribution in [0, 0.1) is 0 Å². The summed E-state index contributed by atoms with van der Waals surface area (Å²) < 4.78 is 8.29. The highest BCUT2D eigenvalue weighted by molar-refractivity contribution is 7.98. The average Bonchev–Trinajstić information content (AvgIpc) is 2.30. The van der Waals surface area contributed by atoms with Gasteiger partial charge in [0.25, 0.3) is 0 Å². The van der Waals surface area contributed by atoms with Crippen molar-refractivity contribution in [1.82, 2.24) is 4.72 Å². The smallest absolute Gasteiger partial charge is 0.138 e. The maximum absolute atomic E-state index is 5.09. The Morgan fingerprint density at radius 3 is 2.71 bits per heavy atom. The van der Waals surface area contributed by atoms with Crippen molar-refractivity contribution >= 4 is 17.8 Å². The Balaban J connectivity index is 2.19. The molecule has 1 aromatic rings. The molecular formula is C10H12N2OS. The van der Waals surface area contributed by atoms with Crippen molar-refractivity contribution in [3.63, 3.8) is 0 Å². The molecule has 1 N–H and O–H groups in total. The Hall–Kier alpha value is -1.16. The molecule has 0 bridgehead atoms. The van der Waals surface area contributed by atoms with E-state index >= 15 is 0 Å². The number of amidine groups is 1. The third-order valence-corrected chi connectivity index (χ3v) is 2.72. The van der Waals surface area contributed by atoms with Crippen LogP contribution in [0.4, 0.5) is 0 Å². The molecule has 3 nitrogen and oxygen atoms in total. The van der Waals surface area contributed by atoms with E-state index in [0.717, 1.165) is 29.4 Å². The molecule has 14 heavy (non-hydrogen) atoms. The molecule has 1 heterocycles. The van der Waals surface area contributed by atoms with Gasteiger partial charge in [0, 0.05) is 11.3 Å². The van der Waals surface area contributed by atoms with Gasteiger partial charge in [0.05, 0.1) is 13.7 Å². The lowest BCUT2D eigenvalue weighted by Crippen LogP contribution is -2.23. The molecule has 1 aliphatic rings. The summed E-state index contributed by atoms with van der Waals surface area (Å²) in [5.74, 6) is 2.88. The van der Waals surface area contributed by atoms with Crippen LogP contribution in [0.1, 0.15) is 5.56 Å². The third-order valence-electron chi connectivity index (χ3n) is 2.00. The highest BCUT2D eigenvalue weighted by Gasteiger charge is 2.06. The largest absolute Gasteiger partial charge is 0.497 e. The van der Waals surface area contributed by atoms with Gasteiger partial charge in [-0.1, -0.05) is 0 Å². The van der Waals surface area contributed by atoms with E-state index in [9.17, 15) is 0 Å². The van der Waals surface area contributed by atoms with Crippen molar-refractivity contribution in [1.29, 1.82) is 0 Å². The number of nitrogens with one attached hydrogen (secondary N) is 1. The van der Waals surface area contributed by atoms with Gasteiger partial charge in [-0.25, -0.2) is 0 Å². The second-order valence-corrected chi connectivity index (χ2v) is 3.81. The summed E-state index contributed by atoms with van der Waals surface area (Å²) >= 11 is 1.70. The van der Waals surface area contributed by atoms with Gasteiger partial charge < -0.3 is 9.46 Å². The summed E-state index contributed by atoms with van der Waals surface area (Å²) in [4.78, 5) is 4.40. The number of methoxy groups -OCH3 is 1. The predicted octanol–water partition coefficient (Wildman–Crippen LogP) is 1.69. The quantitative estimate of drug-likeness (QED) is 0.751. The number of benzene rings is 1. The normalized spacial score (nSPS) is 15.6. The molecule has 1 aliphatic heterocycles. The Morgan fingerprint density at radius 1 is 1.36 bits per heavy atom. The molecule has 74 valence electrons. The first-order valence-electron chi connectivity index (χ1n) is 4.47. The minimum atomic E-state index is 0.873. The van der Waals surface area contributed by atoms with E-state index in [0.29, 0.717) is 0 Å². The van der Waals surface area contributed by atoms with Gasteiger partial charge in [0.2, 0.25) is 0 Å². The first-order valence-corrected chi connectivity index (χ1v) is 5.45. The standard InChI is InChI=1S/C10H12N2OS/c1-13-9-4-2-8(3-5-9)10-11-6-7-14-12-10/h2-5H,6-7H2,1H3,(H,11,12). The Bertz CT molecular complexity index is 334. The molecule has 0 aromatic heterocycles. The molecule has 4 heteroatoms. The second kappa shape index (κ2) is 4.37. The van der Waals surface area contributed by atoms with Crippen LogP contribution >= 0.6 is 11.9 Å². The van der Waals surface area contributed by atoms with Crippen molar-refractivity contribution in [3.05, 3.63) is 29.8 Å². The van der Waals surface area contributed by atoms with E-state index in [1.165, 1.54) is 0 Å². The SMILES string of the molecule is COc1ccc(C2=NCCSN2)cc1. The van der Waals surface area contributed by atoms with E-state index in [4.69, 9.17) is 4.74 Å². The Kier molecular flexibility index (Phi) is 2.93. The van der Waals surface area contributed by atoms with Crippen molar-refractivity contribution in [2.75, 3.05) is 19.4 Å². The fourth-order valence-corrected chi connectivity index (χ4v) is 1.86. The second-order valence-electron chi connectivity index (χ2n) is 2.91. The van der Waals surface area contributed by atoms with Crippen LogP contribution in [0.3, 0.4) is 0 Å². The summed E-state index contributed by atoms with van der Waals surface area (Å²) in [5.41, 5.74) is 1.11. The summed E-state index contributed by atoms with van der Waals surface area (Å²) in [6, 6.07) is 7.91. The lowest BCUT2D eigenvalue weighted by molar-refractivity contribution is 0.415. The molecule has 0 radical (unpaired) electrons. The first kappa shape index (κ1) is 9.40. The van der Waals surface area contributed by atoms with Gasteiger partial charge in [-0.2, -0.15) is 0 Å². The summed E-state index contributed by atoms with van der Waals surface area (Å²) in [6.45, 7) is 0.888. The third kappa shape index (κ3) is 2.01. The number of hydrogen-bond acceptors (Lipinski definition) is 4. The monoisotopic (exact) mass is 208 g/mol. The minimum absolute atomic E-state index is 0.873. The number of ether oxygens (including phenoxy) is 1. The van der Waals surface area contributed by atoms with E-state index < -0.39 is 0 Å². The van der Waals surface area contributed by atoms with Crippen LogP contribution in [0.2, 0.25) is 0 Å². The summed E-state index contributed by atoms with van der Waals surface area (Å²) in [5, 5.41) is 0. The molecule has 2 rings (SSSR count). The van der Waals surface area contributed by atoms with Crippen molar-refractivity contribution in [2.24, 2.45) is 4.99 Å². The van der Waals surface area contributed by atoms with Gasteiger partial charge in [-0.15, -0.1) is 0 Å². The maximum Gasteiger partial charge on any atom is 0.138 e. The maximum atomic E-state index is 5.09. The first-order chi connectivity index (χ1) is 6.90. The van der Waals surface area contributed by atoms with Gasteiger partial charge in [-0.3, -0.25) is 4.99 Å². The molecule has 0 fully saturated rings. The lowest BCUT2D eigenvalue weighted by atomic mass is 10.2. The topological polar surface area (TPSA) is 33.6 Å². The molecule has 0 aliphatic carbocycles. The van der Waals surface area contributed by atoms with Crippen LogP contribution in [-0.2, 0) is 0 Å². The molecule has 1 aromatic carbocycles. The van der Waals surface area contributed by atoms with Crippen molar-refractivity contribution < 1.29 is 4.74 Å².